The predicted molar refractivity (Wildman–Crippen MR) is 99.1 cm³/mol. The van der Waals surface area contributed by atoms with Gasteiger partial charge in [-0.2, -0.15) is 0 Å². The van der Waals surface area contributed by atoms with Crippen LogP contribution in [0.3, 0.4) is 0 Å². The molecule has 1 aromatic carbocycles. The standard InChI is InChI=1S/C17H22ClNO2S2/c1-12(2)6-4-8-16-15(10-11-22-16)19-23(20,21)17-9-5-7-14(18)13(17)3/h5,7,9-12,19H,4,6,8H2,1-3H3. The first kappa shape index (κ1) is 18.3. The molecule has 0 spiro atoms. The Kier molecular flexibility index (Phi) is 6.12. The molecule has 2 rings (SSSR count). The molecule has 3 nitrogen and oxygen atoms in total. The normalized spacial score (nSPS) is 11.9. The number of thiophene rings is 1. The summed E-state index contributed by atoms with van der Waals surface area (Å²) in [6.45, 7) is 6.11. The van der Waals surface area contributed by atoms with Crippen LogP contribution in [0.25, 0.3) is 0 Å². The molecular weight excluding hydrogens is 350 g/mol. The second kappa shape index (κ2) is 7.69. The van der Waals surface area contributed by atoms with Crippen molar-refractivity contribution in [3.8, 4) is 0 Å². The van der Waals surface area contributed by atoms with E-state index in [1.54, 1.807) is 36.5 Å². The highest BCUT2D eigenvalue weighted by Crippen LogP contribution is 2.29. The maximum Gasteiger partial charge on any atom is 0.262 e. The van der Waals surface area contributed by atoms with Crippen LogP contribution in [0.5, 0.6) is 0 Å². The maximum absolute atomic E-state index is 12.6. The topological polar surface area (TPSA) is 46.2 Å². The molecule has 126 valence electrons. The zero-order valence-electron chi connectivity index (χ0n) is 13.6. The van der Waals surface area contributed by atoms with E-state index in [0.717, 1.165) is 24.1 Å². The number of hydrogen-bond acceptors (Lipinski definition) is 3. The van der Waals surface area contributed by atoms with Gasteiger partial charge < -0.3 is 0 Å². The van der Waals surface area contributed by atoms with Crippen molar-refractivity contribution in [1.82, 2.24) is 0 Å². The van der Waals surface area contributed by atoms with Crippen LogP contribution in [0.1, 0.15) is 37.1 Å². The zero-order valence-corrected chi connectivity index (χ0v) is 16.0. The summed E-state index contributed by atoms with van der Waals surface area (Å²) in [6.07, 6.45) is 3.09. The Labute approximate surface area is 147 Å². The van der Waals surface area contributed by atoms with Crippen molar-refractivity contribution in [3.63, 3.8) is 0 Å². The summed E-state index contributed by atoms with van der Waals surface area (Å²) in [5, 5.41) is 2.38. The molecule has 0 aliphatic carbocycles. The molecule has 0 bridgehead atoms. The van der Waals surface area contributed by atoms with E-state index >= 15 is 0 Å². The van der Waals surface area contributed by atoms with E-state index in [1.807, 2.05) is 11.4 Å². The van der Waals surface area contributed by atoms with E-state index in [-0.39, 0.29) is 4.90 Å². The molecule has 0 atom stereocenters. The van der Waals surface area contributed by atoms with Gasteiger partial charge in [0, 0.05) is 9.90 Å². The summed E-state index contributed by atoms with van der Waals surface area (Å²) in [7, 11) is -3.63. The molecule has 1 aromatic heterocycles. The van der Waals surface area contributed by atoms with Gasteiger partial charge in [0.25, 0.3) is 10.0 Å². The molecule has 23 heavy (non-hydrogen) atoms. The Hall–Kier alpha value is -1.04. The molecule has 0 saturated carbocycles. The van der Waals surface area contributed by atoms with E-state index in [2.05, 4.69) is 18.6 Å². The van der Waals surface area contributed by atoms with Crippen LogP contribution < -0.4 is 4.72 Å². The third-order valence-corrected chi connectivity index (χ3v) is 6.58. The van der Waals surface area contributed by atoms with Crippen LogP contribution in [0.4, 0.5) is 5.69 Å². The summed E-state index contributed by atoms with van der Waals surface area (Å²) in [5.74, 6) is 0.657. The highest BCUT2D eigenvalue weighted by atomic mass is 35.5. The zero-order chi connectivity index (χ0) is 17.0. The molecule has 1 heterocycles. The van der Waals surface area contributed by atoms with Crippen molar-refractivity contribution in [2.75, 3.05) is 4.72 Å². The Morgan fingerprint density at radius 1 is 1.26 bits per heavy atom. The molecule has 2 aromatic rings. The average molecular weight is 372 g/mol. The molecule has 0 unspecified atom stereocenters. The van der Waals surface area contributed by atoms with Crippen molar-refractivity contribution >= 4 is 38.6 Å². The first-order valence-corrected chi connectivity index (χ1v) is 10.4. The summed E-state index contributed by atoms with van der Waals surface area (Å²) >= 11 is 7.63. The minimum Gasteiger partial charge on any atom is -0.278 e. The van der Waals surface area contributed by atoms with Gasteiger partial charge in [0.1, 0.15) is 0 Å². The molecule has 0 aliphatic rings. The fourth-order valence-corrected chi connectivity index (χ4v) is 4.91. The molecule has 0 aliphatic heterocycles. The first-order valence-electron chi connectivity index (χ1n) is 7.65. The quantitative estimate of drug-likeness (QED) is 0.699. The fraction of sp³-hybridized carbons (Fsp3) is 0.412. The Morgan fingerprint density at radius 3 is 2.70 bits per heavy atom. The number of aryl methyl sites for hydroxylation is 1. The van der Waals surface area contributed by atoms with Crippen LogP contribution in [-0.4, -0.2) is 8.42 Å². The van der Waals surface area contributed by atoms with Gasteiger partial charge in [-0.3, -0.25) is 4.72 Å². The summed E-state index contributed by atoms with van der Waals surface area (Å²) in [4.78, 5) is 1.30. The number of rotatable bonds is 7. The predicted octanol–water partition coefficient (Wildman–Crippen LogP) is 5.49. The van der Waals surface area contributed by atoms with Gasteiger partial charge in [-0.25, -0.2) is 8.42 Å². The van der Waals surface area contributed by atoms with Crippen molar-refractivity contribution in [3.05, 3.63) is 45.1 Å². The van der Waals surface area contributed by atoms with Crippen molar-refractivity contribution in [2.24, 2.45) is 5.92 Å². The van der Waals surface area contributed by atoms with E-state index in [4.69, 9.17) is 11.6 Å². The third kappa shape index (κ3) is 4.72. The average Bonchev–Trinajstić information content (AvgIpc) is 2.88. The van der Waals surface area contributed by atoms with E-state index in [1.165, 1.54) is 0 Å². The largest absolute Gasteiger partial charge is 0.278 e. The first-order chi connectivity index (χ1) is 10.8. The summed E-state index contributed by atoms with van der Waals surface area (Å²) in [6, 6.07) is 6.75. The second-order valence-electron chi connectivity index (χ2n) is 6.01. The fourth-order valence-electron chi connectivity index (χ4n) is 2.37. The Balaban J connectivity index is 2.18. The van der Waals surface area contributed by atoms with Gasteiger partial charge in [-0.05, 0) is 54.8 Å². The Bertz CT molecular complexity index is 767. The monoisotopic (exact) mass is 371 g/mol. The second-order valence-corrected chi connectivity index (χ2v) is 9.07. The lowest BCUT2D eigenvalue weighted by Crippen LogP contribution is -2.14. The van der Waals surface area contributed by atoms with Gasteiger partial charge >= 0.3 is 0 Å². The van der Waals surface area contributed by atoms with Crippen molar-refractivity contribution < 1.29 is 8.42 Å². The van der Waals surface area contributed by atoms with Gasteiger partial charge in [-0.1, -0.05) is 37.9 Å². The number of nitrogens with one attached hydrogen (secondary N) is 1. The van der Waals surface area contributed by atoms with E-state index < -0.39 is 10.0 Å². The molecule has 0 amide bonds. The number of anilines is 1. The smallest absolute Gasteiger partial charge is 0.262 e. The summed E-state index contributed by atoms with van der Waals surface area (Å²) < 4.78 is 28.0. The minimum absolute atomic E-state index is 0.226. The van der Waals surface area contributed by atoms with Gasteiger partial charge in [0.2, 0.25) is 0 Å². The van der Waals surface area contributed by atoms with Crippen molar-refractivity contribution in [1.29, 1.82) is 0 Å². The molecular formula is C17H22ClNO2S2. The highest BCUT2D eigenvalue weighted by Gasteiger charge is 2.20. The number of benzene rings is 1. The Morgan fingerprint density at radius 2 is 2.00 bits per heavy atom. The molecule has 0 radical (unpaired) electrons. The lowest BCUT2D eigenvalue weighted by Gasteiger charge is -2.12. The highest BCUT2D eigenvalue weighted by molar-refractivity contribution is 7.92. The van der Waals surface area contributed by atoms with Gasteiger partial charge in [0.05, 0.1) is 10.6 Å². The van der Waals surface area contributed by atoms with Crippen molar-refractivity contribution in [2.45, 2.75) is 44.9 Å². The van der Waals surface area contributed by atoms with E-state index in [0.29, 0.717) is 22.2 Å². The molecule has 6 heteroatoms. The van der Waals surface area contributed by atoms with Crippen LogP contribution >= 0.6 is 22.9 Å². The minimum atomic E-state index is -3.63. The molecule has 1 N–H and O–H groups in total. The van der Waals surface area contributed by atoms with Crippen LogP contribution in [0.2, 0.25) is 5.02 Å². The maximum atomic E-state index is 12.6. The molecule has 0 fully saturated rings. The van der Waals surface area contributed by atoms with E-state index in [9.17, 15) is 8.42 Å². The number of halogens is 1. The van der Waals surface area contributed by atoms with Crippen LogP contribution in [0, 0.1) is 12.8 Å². The van der Waals surface area contributed by atoms with Gasteiger partial charge in [0.15, 0.2) is 0 Å². The lowest BCUT2D eigenvalue weighted by molar-refractivity contribution is 0.557. The number of hydrogen-bond donors (Lipinski definition) is 1. The molecule has 0 saturated heterocycles. The lowest BCUT2D eigenvalue weighted by atomic mass is 10.1. The van der Waals surface area contributed by atoms with Crippen LogP contribution in [0.15, 0.2) is 34.5 Å². The van der Waals surface area contributed by atoms with Gasteiger partial charge in [-0.15, -0.1) is 11.3 Å². The number of sulfonamides is 1. The van der Waals surface area contributed by atoms with Crippen LogP contribution in [-0.2, 0) is 16.4 Å². The third-order valence-electron chi connectivity index (χ3n) is 3.68. The summed E-state index contributed by atoms with van der Waals surface area (Å²) in [5.41, 5.74) is 1.25. The SMILES string of the molecule is Cc1c(Cl)cccc1S(=O)(=O)Nc1ccsc1CCCC(C)C.